The van der Waals surface area contributed by atoms with E-state index in [0.717, 1.165) is 83.5 Å². The number of carbonyl (C=O) groups excluding carboxylic acids is 2. The molecule has 8 unspecified atom stereocenters. The normalized spacial score (nSPS) is 20.3. The molecule has 1 aliphatic rings. The van der Waals surface area contributed by atoms with Crippen LogP contribution in [0.1, 0.15) is 233 Å². The summed E-state index contributed by atoms with van der Waals surface area (Å²) in [7, 11) is 0. The third kappa shape index (κ3) is 35.2. The van der Waals surface area contributed by atoms with Crippen molar-refractivity contribution < 1.29 is 49.3 Å². The van der Waals surface area contributed by atoms with E-state index in [4.69, 9.17) is 14.2 Å². The molecular weight excluding hydrogens is 871 g/mol. The van der Waals surface area contributed by atoms with Crippen LogP contribution in [0.2, 0.25) is 0 Å². The minimum atomic E-state index is -1.62. The molecule has 400 valence electrons. The molecule has 1 saturated heterocycles. The zero-order valence-electron chi connectivity index (χ0n) is 43.9. The molecule has 0 aliphatic carbocycles. The van der Waals surface area contributed by atoms with Gasteiger partial charge in [0.25, 0.3) is 0 Å². The number of aliphatic hydroxyl groups excluding tert-OH is 5. The first-order valence-corrected chi connectivity index (χ1v) is 28.1. The Morgan fingerprint density at radius 3 is 1.58 bits per heavy atom. The molecule has 1 aliphatic heterocycles. The first-order valence-electron chi connectivity index (χ1n) is 28.1. The van der Waals surface area contributed by atoms with E-state index in [9.17, 15) is 35.1 Å². The van der Waals surface area contributed by atoms with Gasteiger partial charge in [0.15, 0.2) is 12.4 Å². The summed E-state index contributed by atoms with van der Waals surface area (Å²) in [6.45, 7) is 5.63. The predicted octanol–water partition coefficient (Wildman–Crippen LogP) is 12.3. The summed E-state index contributed by atoms with van der Waals surface area (Å²) in [6.07, 6.45) is 45.5. The Balaban J connectivity index is 2.79. The Labute approximate surface area is 420 Å². The summed E-state index contributed by atoms with van der Waals surface area (Å²) >= 11 is 0. The summed E-state index contributed by atoms with van der Waals surface area (Å²) in [6, 6.07) is -1.04. The summed E-state index contributed by atoms with van der Waals surface area (Å²) in [5, 5.41) is 56.7. The van der Waals surface area contributed by atoms with Crippen LogP contribution in [0.4, 0.5) is 0 Å². The van der Waals surface area contributed by atoms with Crippen molar-refractivity contribution in [1.29, 1.82) is 0 Å². The zero-order valence-corrected chi connectivity index (χ0v) is 43.9. The minimum Gasteiger partial charge on any atom is -0.454 e. The summed E-state index contributed by atoms with van der Waals surface area (Å²) in [5.41, 5.74) is 0. The van der Waals surface area contributed by atoms with Gasteiger partial charge in [0.05, 0.1) is 25.4 Å². The fraction of sp³-hybridized carbons (Fsp3) is 0.793. The van der Waals surface area contributed by atoms with Gasteiger partial charge in [-0.15, -0.1) is 0 Å². The summed E-state index contributed by atoms with van der Waals surface area (Å²) in [5.74, 6) is -1.24. The maximum Gasteiger partial charge on any atom is 0.306 e. The zero-order chi connectivity index (χ0) is 50.4. The van der Waals surface area contributed by atoms with Gasteiger partial charge in [0, 0.05) is 6.42 Å². The number of unbranched alkanes of at least 4 members (excludes halogenated alkanes) is 24. The van der Waals surface area contributed by atoms with Crippen molar-refractivity contribution >= 4 is 11.9 Å². The predicted molar refractivity (Wildman–Crippen MR) is 283 cm³/mol. The van der Waals surface area contributed by atoms with Crippen LogP contribution >= 0.6 is 0 Å². The van der Waals surface area contributed by atoms with Crippen LogP contribution in [-0.4, -0.2) is 99.6 Å². The van der Waals surface area contributed by atoms with Crippen LogP contribution in [0, 0.1) is 0 Å². The van der Waals surface area contributed by atoms with Crippen molar-refractivity contribution in [3.8, 4) is 0 Å². The molecule has 0 bridgehead atoms. The topological polar surface area (TPSA) is 175 Å². The smallest absolute Gasteiger partial charge is 0.306 e. The SMILES string of the molecule is CC/C=C/C/C=C/C/C=C/CCCCCC(O)C(=O)NC(COC1OC(CO)C(O)C(O)C1OC(=O)CCCCC/C=C\CCCCCCCCC)C(O)/C=C/CCCCCCCCCCCCC. The molecule has 1 amide bonds. The van der Waals surface area contributed by atoms with E-state index in [1.165, 1.54) is 103 Å². The number of aliphatic hydroxyl groups is 5. The van der Waals surface area contributed by atoms with Crippen molar-refractivity contribution in [2.24, 2.45) is 0 Å². The lowest BCUT2D eigenvalue weighted by Crippen LogP contribution is -2.61. The maximum absolute atomic E-state index is 13.3. The lowest BCUT2D eigenvalue weighted by molar-refractivity contribution is -0.305. The van der Waals surface area contributed by atoms with E-state index in [2.05, 4.69) is 74.7 Å². The van der Waals surface area contributed by atoms with Gasteiger partial charge in [0.1, 0.15) is 24.4 Å². The van der Waals surface area contributed by atoms with Crippen LogP contribution < -0.4 is 5.32 Å². The number of ether oxygens (including phenoxy) is 3. The first kappa shape index (κ1) is 64.4. The average molecular weight is 974 g/mol. The molecule has 0 radical (unpaired) electrons. The Bertz CT molecular complexity index is 1350. The summed E-state index contributed by atoms with van der Waals surface area (Å²) < 4.78 is 17.5. The lowest BCUT2D eigenvalue weighted by Gasteiger charge is -2.41. The number of allylic oxidation sites excluding steroid dienone is 9. The number of nitrogens with one attached hydrogen (secondary N) is 1. The van der Waals surface area contributed by atoms with E-state index in [0.29, 0.717) is 12.8 Å². The highest BCUT2D eigenvalue weighted by atomic mass is 16.7. The molecule has 0 aromatic heterocycles. The monoisotopic (exact) mass is 974 g/mol. The molecule has 0 aromatic carbocycles. The molecule has 11 nitrogen and oxygen atoms in total. The molecule has 11 heteroatoms. The van der Waals surface area contributed by atoms with Crippen molar-refractivity contribution in [1.82, 2.24) is 5.32 Å². The fourth-order valence-corrected chi connectivity index (χ4v) is 8.42. The van der Waals surface area contributed by atoms with Crippen LogP contribution in [0.15, 0.2) is 60.8 Å². The van der Waals surface area contributed by atoms with Gasteiger partial charge in [-0.05, 0) is 83.5 Å². The van der Waals surface area contributed by atoms with E-state index < -0.39 is 67.4 Å². The van der Waals surface area contributed by atoms with Crippen molar-refractivity contribution in [3.63, 3.8) is 0 Å². The van der Waals surface area contributed by atoms with Crippen LogP contribution in [0.25, 0.3) is 0 Å². The molecular formula is C58H103NO10. The van der Waals surface area contributed by atoms with E-state index in [1.807, 2.05) is 6.08 Å². The third-order valence-corrected chi connectivity index (χ3v) is 12.9. The largest absolute Gasteiger partial charge is 0.454 e. The van der Waals surface area contributed by atoms with Crippen LogP contribution in [0.3, 0.4) is 0 Å². The molecule has 0 spiro atoms. The second kappa shape index (κ2) is 46.4. The van der Waals surface area contributed by atoms with E-state index in [1.54, 1.807) is 6.08 Å². The second-order valence-electron chi connectivity index (χ2n) is 19.3. The highest BCUT2D eigenvalue weighted by molar-refractivity contribution is 5.80. The average Bonchev–Trinajstić information content (AvgIpc) is 3.34. The van der Waals surface area contributed by atoms with E-state index >= 15 is 0 Å². The lowest BCUT2D eigenvalue weighted by atomic mass is 9.99. The first-order chi connectivity index (χ1) is 33.7. The molecule has 0 aromatic rings. The molecule has 1 fully saturated rings. The summed E-state index contributed by atoms with van der Waals surface area (Å²) in [4.78, 5) is 26.4. The molecule has 1 heterocycles. The van der Waals surface area contributed by atoms with Gasteiger partial charge >= 0.3 is 5.97 Å². The number of carbonyl (C=O) groups is 2. The third-order valence-electron chi connectivity index (χ3n) is 12.9. The standard InChI is InChI=1S/C58H103NO10/c1-4-7-10-13-16-19-22-25-28-31-34-37-40-43-46-53(63)69-56-55(65)54(64)52(47-60)68-58(56)67-48-49(50(61)44-41-38-35-32-29-26-23-20-17-14-11-8-5-2)59-57(66)51(62)45-42-39-36-33-30-27-24-21-18-15-12-9-6-3/h9,12,18,21,27-28,30-31,41,44,49-52,54-56,58,60-62,64-65H,4-8,10-11,13-17,19-20,22-26,29,32-40,42-43,45-48H2,1-3H3,(H,59,66)/b12-9+,21-18+,30-27+,31-28-,44-41+. The number of amides is 1. The van der Waals surface area contributed by atoms with Crippen LogP contribution in [0.5, 0.6) is 0 Å². The Morgan fingerprint density at radius 2 is 1.04 bits per heavy atom. The maximum atomic E-state index is 13.3. The van der Waals surface area contributed by atoms with Gasteiger partial charge in [-0.2, -0.15) is 0 Å². The number of rotatable bonds is 46. The molecule has 0 saturated carbocycles. The van der Waals surface area contributed by atoms with Crippen molar-refractivity contribution in [3.05, 3.63) is 60.8 Å². The van der Waals surface area contributed by atoms with Gasteiger partial charge in [0.2, 0.25) is 5.91 Å². The Kier molecular flexibility index (Phi) is 43.3. The van der Waals surface area contributed by atoms with Crippen LogP contribution in [-0.2, 0) is 23.8 Å². The van der Waals surface area contributed by atoms with Crippen molar-refractivity contribution in [2.75, 3.05) is 13.2 Å². The quantitative estimate of drug-likeness (QED) is 0.0196. The second-order valence-corrected chi connectivity index (χ2v) is 19.3. The number of hydrogen-bond acceptors (Lipinski definition) is 10. The highest BCUT2D eigenvalue weighted by Crippen LogP contribution is 2.26. The van der Waals surface area contributed by atoms with Crippen molar-refractivity contribution in [2.45, 2.75) is 282 Å². The highest BCUT2D eigenvalue weighted by Gasteiger charge is 2.47. The Morgan fingerprint density at radius 1 is 0.580 bits per heavy atom. The van der Waals surface area contributed by atoms with Gasteiger partial charge in [-0.1, -0.05) is 204 Å². The fourth-order valence-electron chi connectivity index (χ4n) is 8.42. The number of hydrogen-bond donors (Lipinski definition) is 6. The minimum absolute atomic E-state index is 0.0993. The molecule has 1 rings (SSSR count). The molecule has 69 heavy (non-hydrogen) atoms. The Hall–Kier alpha value is -2.64. The van der Waals surface area contributed by atoms with Gasteiger partial charge < -0.3 is 45.1 Å². The molecule has 6 N–H and O–H groups in total. The van der Waals surface area contributed by atoms with E-state index in [-0.39, 0.29) is 19.4 Å². The molecule has 8 atom stereocenters. The number of esters is 1. The van der Waals surface area contributed by atoms with Gasteiger partial charge in [-0.3, -0.25) is 9.59 Å². The van der Waals surface area contributed by atoms with Gasteiger partial charge in [-0.25, -0.2) is 0 Å².